The van der Waals surface area contributed by atoms with Gasteiger partial charge >= 0.3 is 0 Å². The summed E-state index contributed by atoms with van der Waals surface area (Å²) in [6.07, 6.45) is 0. The lowest BCUT2D eigenvalue weighted by Gasteiger charge is -2.32. The molecule has 0 aliphatic heterocycles. The molecule has 0 N–H and O–H groups in total. The third-order valence-corrected chi connectivity index (χ3v) is 18.9. The summed E-state index contributed by atoms with van der Waals surface area (Å²) < 4.78 is 16.5. The molecular formula is C76H56N2O2. The van der Waals surface area contributed by atoms with Crippen molar-refractivity contribution in [2.24, 2.45) is 0 Å². The highest BCUT2D eigenvalue weighted by molar-refractivity contribution is 6.22. The van der Waals surface area contributed by atoms with Gasteiger partial charge in [-0.1, -0.05) is 181 Å². The summed E-state index contributed by atoms with van der Waals surface area (Å²) in [5.74, 6) is 0. The molecule has 80 heavy (non-hydrogen) atoms. The number of aryl methyl sites for hydroxylation is 1. The van der Waals surface area contributed by atoms with Crippen LogP contribution in [-0.4, -0.2) is 4.57 Å². The van der Waals surface area contributed by atoms with E-state index in [1.165, 1.54) is 116 Å². The highest BCUT2D eigenvalue weighted by Crippen LogP contribution is 2.64. The van der Waals surface area contributed by atoms with Crippen molar-refractivity contribution in [3.05, 3.63) is 251 Å². The van der Waals surface area contributed by atoms with Crippen LogP contribution < -0.4 is 4.90 Å². The highest BCUT2D eigenvalue weighted by atomic mass is 16.3. The first kappa shape index (κ1) is 45.6. The molecule has 4 nitrogen and oxygen atoms in total. The minimum Gasteiger partial charge on any atom is -0.455 e. The number of benzene rings is 11. The number of para-hydroxylation sites is 4. The van der Waals surface area contributed by atoms with Gasteiger partial charge in [0.1, 0.15) is 22.3 Å². The van der Waals surface area contributed by atoms with Gasteiger partial charge in [0.05, 0.1) is 11.0 Å². The summed E-state index contributed by atoms with van der Waals surface area (Å²) in [7, 11) is 0. The maximum Gasteiger partial charge on any atom is 0.144 e. The minimum absolute atomic E-state index is 0.241. The SMILES string of the molecule is Cc1cccc(-c2cc3c(c4c2oc2ccccc24)-c2ccc(N(c4ccc5c(c4)C(C)(C)c4c6c(c7c(oc8ccccc87)c4-5)-c4ccccc4C6(C)C)c4ccc5c(c4)c4ccccc4n5-c4ccccc4)cc2C3(C)C)c1. The van der Waals surface area contributed by atoms with Crippen molar-refractivity contribution in [2.45, 2.75) is 64.7 Å². The molecule has 0 atom stereocenters. The molecule has 0 unspecified atom stereocenters. The molecule has 14 aromatic rings. The van der Waals surface area contributed by atoms with E-state index < -0.39 is 0 Å². The van der Waals surface area contributed by atoms with Gasteiger partial charge < -0.3 is 18.3 Å². The van der Waals surface area contributed by atoms with Crippen molar-refractivity contribution in [3.63, 3.8) is 0 Å². The van der Waals surface area contributed by atoms with Crippen LogP contribution in [0.15, 0.2) is 221 Å². The molecule has 0 fully saturated rings. The van der Waals surface area contributed by atoms with Crippen molar-refractivity contribution in [1.82, 2.24) is 4.57 Å². The van der Waals surface area contributed by atoms with E-state index >= 15 is 0 Å². The Morgan fingerprint density at radius 1 is 0.362 bits per heavy atom. The van der Waals surface area contributed by atoms with Gasteiger partial charge in [0.15, 0.2) is 0 Å². The zero-order valence-corrected chi connectivity index (χ0v) is 45.9. The quantitative estimate of drug-likeness (QED) is 0.172. The molecule has 3 aliphatic carbocycles. The number of nitrogens with zero attached hydrogens (tertiary/aromatic N) is 2. The van der Waals surface area contributed by atoms with Gasteiger partial charge in [0, 0.05) is 82.4 Å². The van der Waals surface area contributed by atoms with Crippen LogP contribution >= 0.6 is 0 Å². The smallest absolute Gasteiger partial charge is 0.144 e. The number of fused-ring (bicyclic) bond motifs is 22. The predicted molar refractivity (Wildman–Crippen MR) is 333 cm³/mol. The number of aromatic nitrogens is 1. The van der Waals surface area contributed by atoms with Gasteiger partial charge in [0.2, 0.25) is 0 Å². The lowest BCUT2D eigenvalue weighted by molar-refractivity contribution is 0.600. The first-order valence-corrected chi connectivity index (χ1v) is 28.2. The van der Waals surface area contributed by atoms with E-state index in [1.54, 1.807) is 0 Å². The van der Waals surface area contributed by atoms with E-state index in [9.17, 15) is 0 Å². The van der Waals surface area contributed by atoms with Crippen LogP contribution in [0.25, 0.3) is 116 Å². The highest BCUT2D eigenvalue weighted by Gasteiger charge is 2.49. The first-order chi connectivity index (χ1) is 38.9. The fraction of sp³-hybridized carbons (Fsp3) is 0.132. The van der Waals surface area contributed by atoms with Crippen LogP contribution in [0.5, 0.6) is 0 Å². The maximum absolute atomic E-state index is 7.13. The molecule has 11 aromatic carbocycles. The molecule has 0 saturated carbocycles. The summed E-state index contributed by atoms with van der Waals surface area (Å²) in [6.45, 7) is 16.8. The van der Waals surface area contributed by atoms with Gasteiger partial charge in [-0.25, -0.2) is 0 Å². The van der Waals surface area contributed by atoms with Gasteiger partial charge in [-0.15, -0.1) is 0 Å². The molecule has 3 aliphatic rings. The molecule has 0 spiro atoms. The molecule has 4 heteroatoms. The van der Waals surface area contributed by atoms with Gasteiger partial charge in [0.25, 0.3) is 0 Å². The monoisotopic (exact) mass is 1030 g/mol. The minimum atomic E-state index is -0.384. The topological polar surface area (TPSA) is 34.5 Å². The molecule has 0 radical (unpaired) electrons. The normalized spacial score (nSPS) is 15.0. The molecular weight excluding hydrogens is 973 g/mol. The average Bonchev–Trinajstić information content (AvgIpc) is 3.14. The Morgan fingerprint density at radius 2 is 0.912 bits per heavy atom. The van der Waals surface area contributed by atoms with Gasteiger partial charge in [-0.05, 0) is 153 Å². The Labute approximate surface area is 464 Å². The summed E-state index contributed by atoms with van der Waals surface area (Å²) >= 11 is 0. The standard InChI is InChI=1S/C76H56N2O2/c1-43-20-19-21-44(38-43)55-42-60-65(67-53-26-13-17-30-63(53)79-72(55)67)51-35-32-47(40-58(51)74(60,2)3)77(46-34-37-62-56(39-46)49-24-12-16-29-61(49)78(62)45-22-9-8-10-23-45)48-33-36-52-59(41-48)76(6,7)71-69(52)73-68(54-27-14-18-31-64(54)80-73)66-50-25-11-15-28-57(50)75(4,5)70(66)71/h8-42H,1-7H3. The summed E-state index contributed by atoms with van der Waals surface area (Å²) in [5.41, 5.74) is 28.8. The lowest BCUT2D eigenvalue weighted by Crippen LogP contribution is -2.24. The van der Waals surface area contributed by atoms with E-state index in [4.69, 9.17) is 8.83 Å². The van der Waals surface area contributed by atoms with Gasteiger partial charge in [-0.2, -0.15) is 0 Å². The summed E-state index contributed by atoms with van der Waals surface area (Å²) in [5, 5.41) is 7.14. The molecule has 0 saturated heterocycles. The van der Waals surface area contributed by atoms with E-state index in [-0.39, 0.29) is 16.2 Å². The molecule has 0 bridgehead atoms. The van der Waals surface area contributed by atoms with E-state index in [0.29, 0.717) is 0 Å². The molecule has 0 amide bonds. The second-order valence-electron chi connectivity index (χ2n) is 24.4. The maximum atomic E-state index is 7.13. The Bertz CT molecular complexity index is 5050. The summed E-state index contributed by atoms with van der Waals surface area (Å²) in [4.78, 5) is 2.52. The average molecular weight is 1030 g/mol. The number of rotatable bonds is 5. The van der Waals surface area contributed by atoms with Crippen LogP contribution in [0.1, 0.15) is 80.5 Å². The number of hydrogen-bond donors (Lipinski definition) is 0. The Kier molecular flexibility index (Phi) is 8.94. The van der Waals surface area contributed by atoms with Crippen molar-refractivity contribution >= 4 is 82.7 Å². The second kappa shape index (κ2) is 15.7. The van der Waals surface area contributed by atoms with Crippen molar-refractivity contribution in [3.8, 4) is 50.2 Å². The molecule has 3 aromatic heterocycles. The number of furan rings is 2. The largest absolute Gasteiger partial charge is 0.455 e. The van der Waals surface area contributed by atoms with Crippen LogP contribution in [0.3, 0.4) is 0 Å². The van der Waals surface area contributed by atoms with Crippen molar-refractivity contribution in [1.29, 1.82) is 0 Å². The van der Waals surface area contributed by atoms with E-state index in [1.807, 2.05) is 0 Å². The first-order valence-electron chi connectivity index (χ1n) is 28.2. The third kappa shape index (κ3) is 5.85. The Hall–Kier alpha value is -9.38. The Morgan fingerprint density at radius 3 is 1.65 bits per heavy atom. The fourth-order valence-corrected chi connectivity index (χ4v) is 15.3. The van der Waals surface area contributed by atoms with E-state index in [0.717, 1.165) is 56.0 Å². The van der Waals surface area contributed by atoms with Crippen LogP contribution in [0.2, 0.25) is 0 Å². The molecule has 17 rings (SSSR count). The molecule has 3 heterocycles. The molecule has 382 valence electrons. The van der Waals surface area contributed by atoms with Crippen LogP contribution in [-0.2, 0) is 16.2 Å². The lowest BCUT2D eigenvalue weighted by atomic mass is 9.72. The van der Waals surface area contributed by atoms with Crippen LogP contribution in [0.4, 0.5) is 17.1 Å². The second-order valence-corrected chi connectivity index (χ2v) is 24.4. The van der Waals surface area contributed by atoms with Crippen molar-refractivity contribution in [2.75, 3.05) is 4.90 Å². The van der Waals surface area contributed by atoms with Crippen LogP contribution in [0, 0.1) is 6.92 Å². The summed E-state index contributed by atoms with van der Waals surface area (Å²) in [6, 6.07) is 78.8. The number of hydrogen-bond acceptors (Lipinski definition) is 3. The van der Waals surface area contributed by atoms with Gasteiger partial charge in [-0.3, -0.25) is 0 Å². The van der Waals surface area contributed by atoms with E-state index in [2.05, 4.69) is 270 Å². The van der Waals surface area contributed by atoms with Crippen molar-refractivity contribution < 1.29 is 8.83 Å². The number of anilines is 3. The predicted octanol–water partition coefficient (Wildman–Crippen LogP) is 20.9. The zero-order chi connectivity index (χ0) is 53.7. The third-order valence-electron chi connectivity index (χ3n) is 18.9. The zero-order valence-electron chi connectivity index (χ0n) is 45.9. The fourth-order valence-electron chi connectivity index (χ4n) is 15.3. The Balaban J connectivity index is 0.913.